The molecule has 0 saturated heterocycles. The van der Waals surface area contributed by atoms with Gasteiger partial charge in [-0.15, -0.1) is 0 Å². The highest BCUT2D eigenvalue weighted by Gasteiger charge is 2.08. The third-order valence-corrected chi connectivity index (χ3v) is 2.58. The monoisotopic (exact) mass is 212 g/mol. The van der Waals surface area contributed by atoms with E-state index in [4.69, 9.17) is 0 Å². The Morgan fingerprint density at radius 3 is 2.38 bits per heavy atom. The van der Waals surface area contributed by atoms with Crippen molar-refractivity contribution in [2.75, 3.05) is 7.05 Å². The van der Waals surface area contributed by atoms with Crippen molar-refractivity contribution in [3.63, 3.8) is 0 Å². The van der Waals surface area contributed by atoms with E-state index in [1.165, 1.54) is 11.4 Å². The van der Waals surface area contributed by atoms with Crippen molar-refractivity contribution < 1.29 is 9.14 Å². The van der Waals surface area contributed by atoms with E-state index in [2.05, 4.69) is 40.6 Å². The summed E-state index contributed by atoms with van der Waals surface area (Å²) in [5.74, 6) is 0. The smallest absolute Gasteiger partial charge is 0.196 e. The minimum absolute atomic E-state index is 1.17. The number of benzene rings is 1. The van der Waals surface area contributed by atoms with Gasteiger partial charge in [-0.3, -0.25) is 0 Å². The molecule has 0 amide bonds. The topological polar surface area (TPSA) is 6.89 Å². The van der Waals surface area contributed by atoms with Gasteiger partial charge in [0.25, 0.3) is 5.69 Å². The molecule has 0 radical (unpaired) electrons. The van der Waals surface area contributed by atoms with Crippen LogP contribution in [0.25, 0.3) is 0 Å². The lowest BCUT2D eigenvalue weighted by Gasteiger charge is -1.95. The first-order chi connectivity index (χ1) is 7.77. The van der Waals surface area contributed by atoms with Crippen LogP contribution in [0.4, 0.5) is 5.69 Å². The second-order valence-corrected chi connectivity index (χ2v) is 3.81. The molecule has 0 N–H and O–H groups in total. The van der Waals surface area contributed by atoms with Crippen LogP contribution < -0.4 is 4.57 Å². The Bertz CT molecular complexity index is 501. The second-order valence-electron chi connectivity index (χ2n) is 3.81. The predicted octanol–water partition coefficient (Wildman–Crippen LogP) is 1.90. The summed E-state index contributed by atoms with van der Waals surface area (Å²) in [5.41, 5.74) is 2.36. The summed E-state index contributed by atoms with van der Waals surface area (Å²) in [6.07, 6.45) is 4.17. The molecule has 1 aromatic carbocycles. The zero-order valence-electron chi connectivity index (χ0n) is 9.67. The Kier molecular flexibility index (Phi) is 3.10. The molecule has 2 nitrogen and oxygen atoms in total. The quantitative estimate of drug-likeness (QED) is 0.530. The Morgan fingerprint density at radius 1 is 1.00 bits per heavy atom. The first kappa shape index (κ1) is 10.6. The Hall–Kier alpha value is -1.96. The van der Waals surface area contributed by atoms with Crippen molar-refractivity contribution in [3.05, 3.63) is 60.4 Å². The standard InChI is InChI=1S/C14H16N2/c1-15-11-7-6-10-14(15)12-16(2)13-8-4-3-5-9-13/h3-12H,1-2H3/q+2. The summed E-state index contributed by atoms with van der Waals surface area (Å²) >= 11 is 0. The average molecular weight is 212 g/mol. The Morgan fingerprint density at radius 2 is 1.69 bits per heavy atom. The van der Waals surface area contributed by atoms with Gasteiger partial charge >= 0.3 is 0 Å². The maximum Gasteiger partial charge on any atom is 0.269 e. The first-order valence-corrected chi connectivity index (χ1v) is 5.35. The molecule has 0 saturated carbocycles. The van der Waals surface area contributed by atoms with Crippen LogP contribution in [0.15, 0.2) is 54.7 Å². The van der Waals surface area contributed by atoms with Crippen LogP contribution in [0.2, 0.25) is 0 Å². The van der Waals surface area contributed by atoms with Crippen LogP contribution in [-0.2, 0) is 7.05 Å². The summed E-state index contributed by atoms with van der Waals surface area (Å²) in [5, 5.41) is 0. The molecule has 0 spiro atoms. The summed E-state index contributed by atoms with van der Waals surface area (Å²) in [4.78, 5) is 0. The molecule has 0 aliphatic carbocycles. The number of hydrogen-bond acceptors (Lipinski definition) is 0. The number of aryl methyl sites for hydroxylation is 1. The van der Waals surface area contributed by atoms with Crippen LogP contribution in [0.5, 0.6) is 0 Å². The van der Waals surface area contributed by atoms with Crippen molar-refractivity contribution in [3.8, 4) is 0 Å². The molecule has 1 aromatic heterocycles. The number of para-hydroxylation sites is 1. The lowest BCUT2D eigenvalue weighted by Crippen LogP contribution is -2.33. The highest BCUT2D eigenvalue weighted by Crippen LogP contribution is 2.07. The van der Waals surface area contributed by atoms with Crippen molar-refractivity contribution in [1.82, 2.24) is 0 Å². The van der Waals surface area contributed by atoms with E-state index in [1.807, 2.05) is 43.6 Å². The largest absolute Gasteiger partial charge is 0.269 e. The van der Waals surface area contributed by atoms with Crippen molar-refractivity contribution in [2.45, 2.75) is 0 Å². The zero-order valence-corrected chi connectivity index (χ0v) is 9.67. The van der Waals surface area contributed by atoms with Gasteiger partial charge in [-0.2, -0.15) is 9.14 Å². The number of aromatic nitrogens is 1. The lowest BCUT2D eigenvalue weighted by molar-refractivity contribution is -0.674. The molecular weight excluding hydrogens is 196 g/mol. The van der Waals surface area contributed by atoms with Crippen LogP contribution in [0.1, 0.15) is 5.69 Å². The van der Waals surface area contributed by atoms with E-state index in [1.54, 1.807) is 0 Å². The third kappa shape index (κ3) is 2.34. The van der Waals surface area contributed by atoms with Gasteiger partial charge in [0, 0.05) is 24.3 Å². The minimum atomic E-state index is 1.17. The minimum Gasteiger partial charge on any atom is -0.196 e. The molecule has 2 rings (SSSR count). The molecule has 0 aliphatic rings. The van der Waals surface area contributed by atoms with E-state index in [9.17, 15) is 0 Å². The van der Waals surface area contributed by atoms with E-state index >= 15 is 0 Å². The second kappa shape index (κ2) is 4.71. The normalized spacial score (nSPS) is 11.5. The van der Waals surface area contributed by atoms with Crippen LogP contribution in [-0.4, -0.2) is 17.8 Å². The molecule has 16 heavy (non-hydrogen) atoms. The molecule has 0 bridgehead atoms. The van der Waals surface area contributed by atoms with Gasteiger partial charge in [0.2, 0.25) is 11.9 Å². The van der Waals surface area contributed by atoms with Gasteiger partial charge in [-0.25, -0.2) is 0 Å². The molecule has 0 atom stereocenters. The number of hydrogen-bond donors (Lipinski definition) is 0. The van der Waals surface area contributed by atoms with Gasteiger partial charge in [0.05, 0.1) is 0 Å². The molecule has 0 unspecified atom stereocenters. The average Bonchev–Trinajstić information content (AvgIpc) is 2.33. The maximum absolute atomic E-state index is 2.12. The van der Waals surface area contributed by atoms with Crippen molar-refractivity contribution >= 4 is 11.9 Å². The highest BCUT2D eigenvalue weighted by atomic mass is 15.0. The van der Waals surface area contributed by atoms with Gasteiger partial charge < -0.3 is 0 Å². The van der Waals surface area contributed by atoms with Gasteiger partial charge in [0.15, 0.2) is 6.20 Å². The Balaban J connectivity index is 2.36. The molecule has 2 aromatic rings. The zero-order chi connectivity index (χ0) is 11.4. The van der Waals surface area contributed by atoms with Crippen molar-refractivity contribution in [2.24, 2.45) is 7.05 Å². The van der Waals surface area contributed by atoms with Gasteiger partial charge in [-0.1, -0.05) is 18.2 Å². The summed E-state index contributed by atoms with van der Waals surface area (Å²) in [6, 6.07) is 16.5. The summed E-state index contributed by atoms with van der Waals surface area (Å²) in [6.45, 7) is 0. The third-order valence-electron chi connectivity index (χ3n) is 2.58. The fraction of sp³-hybridized carbons (Fsp3) is 0.143. The number of nitrogens with zero attached hydrogens (tertiary/aromatic N) is 2. The maximum atomic E-state index is 2.12. The van der Waals surface area contributed by atoms with Crippen LogP contribution in [0, 0.1) is 0 Å². The van der Waals surface area contributed by atoms with Gasteiger partial charge in [0.1, 0.15) is 14.1 Å². The van der Waals surface area contributed by atoms with E-state index in [0.717, 1.165) is 0 Å². The predicted molar refractivity (Wildman–Crippen MR) is 65.1 cm³/mol. The number of pyridine rings is 1. The van der Waals surface area contributed by atoms with Crippen LogP contribution in [0.3, 0.4) is 0 Å². The molecule has 2 heteroatoms. The lowest BCUT2D eigenvalue weighted by atomic mass is 10.3. The first-order valence-electron chi connectivity index (χ1n) is 5.35. The van der Waals surface area contributed by atoms with E-state index in [-0.39, 0.29) is 0 Å². The summed E-state index contributed by atoms with van der Waals surface area (Å²) < 4.78 is 4.22. The summed E-state index contributed by atoms with van der Waals surface area (Å²) in [7, 11) is 4.10. The SMILES string of the molecule is C[N+](=Cc1cccc[n+]1C)c1ccccc1. The Labute approximate surface area is 96.1 Å². The fourth-order valence-electron chi connectivity index (χ4n) is 1.61. The van der Waals surface area contributed by atoms with Crippen molar-refractivity contribution in [1.29, 1.82) is 0 Å². The van der Waals surface area contributed by atoms with Crippen LogP contribution >= 0.6 is 0 Å². The fourth-order valence-corrected chi connectivity index (χ4v) is 1.61. The number of rotatable bonds is 2. The highest BCUT2D eigenvalue weighted by molar-refractivity contribution is 5.71. The van der Waals surface area contributed by atoms with E-state index in [0.29, 0.717) is 0 Å². The van der Waals surface area contributed by atoms with E-state index < -0.39 is 0 Å². The molecule has 80 valence electrons. The molecule has 1 heterocycles. The molecule has 0 fully saturated rings. The molecular formula is C14H16N2+2. The van der Waals surface area contributed by atoms with Gasteiger partial charge in [-0.05, 0) is 6.07 Å². The molecule has 0 aliphatic heterocycles.